The van der Waals surface area contributed by atoms with E-state index in [1.165, 1.54) is 4.52 Å². The molecule has 0 spiro atoms. The Hall–Kier alpha value is -3.80. The Morgan fingerprint density at radius 1 is 0.885 bits per heavy atom. The van der Waals surface area contributed by atoms with Gasteiger partial charge in [-0.05, 0) is 0 Å². The van der Waals surface area contributed by atoms with Gasteiger partial charge < -0.3 is 5.73 Å². The summed E-state index contributed by atoms with van der Waals surface area (Å²) >= 11 is 0. The molecule has 2 aromatic carbocycles. The van der Waals surface area contributed by atoms with Crippen LogP contribution in [0.1, 0.15) is 42.3 Å². The van der Waals surface area contributed by atoms with Crippen LogP contribution in [-0.2, 0) is 0 Å². The second-order valence-corrected chi connectivity index (χ2v) is 6.16. The average Bonchev–Trinajstić information content (AvgIpc) is 3.02. The standard InChI is InChI=1S/C20H11N3O3/c21-20(26)17-15-14(18(24)12-7-3-4-8-13(12)19(15)25)16-11-6-2-1-5-10(11)9-22-23(16)17/h1-9H,(H2,21,26). The van der Waals surface area contributed by atoms with Crippen molar-refractivity contribution in [3.63, 3.8) is 0 Å². The maximum Gasteiger partial charge on any atom is 0.268 e. The van der Waals surface area contributed by atoms with Crippen molar-refractivity contribution in [3.05, 3.63) is 82.7 Å². The van der Waals surface area contributed by atoms with Crippen LogP contribution < -0.4 is 5.73 Å². The van der Waals surface area contributed by atoms with Crippen molar-refractivity contribution in [1.82, 2.24) is 9.61 Å². The Bertz CT molecular complexity index is 1300. The number of benzene rings is 2. The van der Waals surface area contributed by atoms with E-state index in [0.717, 1.165) is 10.8 Å². The first-order valence-electron chi connectivity index (χ1n) is 8.00. The van der Waals surface area contributed by atoms with Crippen molar-refractivity contribution >= 4 is 33.8 Å². The minimum absolute atomic E-state index is 0.0325. The van der Waals surface area contributed by atoms with Gasteiger partial charge in [0.15, 0.2) is 11.6 Å². The van der Waals surface area contributed by atoms with Crippen LogP contribution in [0.2, 0.25) is 0 Å². The molecule has 1 amide bonds. The van der Waals surface area contributed by atoms with Crippen LogP contribution in [0.3, 0.4) is 0 Å². The topological polar surface area (TPSA) is 94.5 Å². The van der Waals surface area contributed by atoms with Crippen molar-refractivity contribution in [2.75, 3.05) is 0 Å². The van der Waals surface area contributed by atoms with Gasteiger partial charge in [-0.1, -0.05) is 48.5 Å². The molecule has 0 bridgehead atoms. The number of fused-ring (bicyclic) bond motifs is 6. The number of primary amides is 1. The van der Waals surface area contributed by atoms with Crippen molar-refractivity contribution in [3.8, 4) is 0 Å². The molecule has 6 nitrogen and oxygen atoms in total. The molecule has 0 aliphatic heterocycles. The number of hydrogen-bond donors (Lipinski definition) is 1. The largest absolute Gasteiger partial charge is 0.364 e. The molecule has 2 N–H and O–H groups in total. The van der Waals surface area contributed by atoms with E-state index in [2.05, 4.69) is 5.10 Å². The third kappa shape index (κ3) is 1.65. The molecule has 0 saturated carbocycles. The van der Waals surface area contributed by atoms with Gasteiger partial charge >= 0.3 is 0 Å². The second kappa shape index (κ2) is 4.86. The molecule has 1 aliphatic rings. The summed E-state index contributed by atoms with van der Waals surface area (Å²) in [7, 11) is 0. The zero-order valence-corrected chi connectivity index (χ0v) is 13.4. The van der Waals surface area contributed by atoms with E-state index in [9.17, 15) is 14.4 Å². The van der Waals surface area contributed by atoms with Crippen molar-refractivity contribution < 1.29 is 14.4 Å². The lowest BCUT2D eigenvalue weighted by Gasteiger charge is -2.14. The molecule has 1 aliphatic carbocycles. The normalized spacial score (nSPS) is 13.1. The number of amides is 1. The van der Waals surface area contributed by atoms with E-state index in [1.54, 1.807) is 30.5 Å². The van der Waals surface area contributed by atoms with Gasteiger partial charge in [-0.15, -0.1) is 0 Å². The quantitative estimate of drug-likeness (QED) is 0.506. The fourth-order valence-corrected chi connectivity index (χ4v) is 3.69. The minimum atomic E-state index is -0.801. The predicted octanol–water partition coefficient (Wildman–Crippen LogP) is 2.36. The number of nitrogens with two attached hydrogens (primary N) is 1. The molecular weight excluding hydrogens is 330 g/mol. The Morgan fingerprint density at radius 3 is 2.19 bits per heavy atom. The van der Waals surface area contributed by atoms with Gasteiger partial charge in [0.05, 0.1) is 22.8 Å². The number of carbonyl (C=O) groups excluding carboxylic acids is 3. The molecule has 0 saturated heterocycles. The van der Waals surface area contributed by atoms with Gasteiger partial charge in [-0.3, -0.25) is 14.4 Å². The highest BCUT2D eigenvalue weighted by atomic mass is 16.2. The first-order chi connectivity index (χ1) is 12.6. The summed E-state index contributed by atoms with van der Waals surface area (Å²) in [5.74, 6) is -1.50. The van der Waals surface area contributed by atoms with Gasteiger partial charge in [-0.2, -0.15) is 5.10 Å². The summed E-state index contributed by atoms with van der Waals surface area (Å²) < 4.78 is 1.32. The van der Waals surface area contributed by atoms with E-state index in [0.29, 0.717) is 11.1 Å². The highest BCUT2D eigenvalue weighted by Crippen LogP contribution is 2.36. The average molecular weight is 341 g/mol. The number of nitrogens with zero attached hydrogens (tertiary/aromatic N) is 2. The lowest BCUT2D eigenvalue weighted by Crippen LogP contribution is -2.24. The van der Waals surface area contributed by atoms with Crippen LogP contribution >= 0.6 is 0 Å². The molecule has 2 heterocycles. The smallest absolute Gasteiger partial charge is 0.268 e. The van der Waals surface area contributed by atoms with Crippen LogP contribution in [0.4, 0.5) is 0 Å². The van der Waals surface area contributed by atoms with Crippen molar-refractivity contribution in [2.45, 2.75) is 0 Å². The monoisotopic (exact) mass is 341 g/mol. The highest BCUT2D eigenvalue weighted by molar-refractivity contribution is 6.34. The van der Waals surface area contributed by atoms with Gasteiger partial charge in [0.25, 0.3) is 5.91 Å². The summed E-state index contributed by atoms with van der Waals surface area (Å²) in [4.78, 5) is 38.4. The summed E-state index contributed by atoms with van der Waals surface area (Å²) in [6.07, 6.45) is 1.59. The molecule has 0 atom stereocenters. The summed E-state index contributed by atoms with van der Waals surface area (Å²) in [5.41, 5.74) is 6.74. The van der Waals surface area contributed by atoms with E-state index >= 15 is 0 Å². The third-order valence-electron chi connectivity index (χ3n) is 4.78. The molecule has 0 fully saturated rings. The molecule has 5 rings (SSSR count). The van der Waals surface area contributed by atoms with Crippen molar-refractivity contribution in [1.29, 1.82) is 0 Å². The number of aromatic nitrogens is 2. The molecular formula is C20H11N3O3. The third-order valence-corrected chi connectivity index (χ3v) is 4.78. The molecule has 124 valence electrons. The zero-order chi connectivity index (χ0) is 18.0. The number of carbonyl (C=O) groups is 3. The molecule has 6 heteroatoms. The number of hydrogen-bond acceptors (Lipinski definition) is 4. The minimum Gasteiger partial charge on any atom is -0.364 e. The zero-order valence-electron chi connectivity index (χ0n) is 13.4. The fourth-order valence-electron chi connectivity index (χ4n) is 3.69. The molecule has 0 radical (unpaired) electrons. The number of ketones is 2. The van der Waals surface area contributed by atoms with Crippen LogP contribution in [0, 0.1) is 0 Å². The van der Waals surface area contributed by atoms with Gasteiger partial charge in [0.2, 0.25) is 0 Å². The fraction of sp³-hybridized carbons (Fsp3) is 0. The van der Waals surface area contributed by atoms with Crippen LogP contribution in [-0.4, -0.2) is 27.1 Å². The van der Waals surface area contributed by atoms with Crippen molar-refractivity contribution in [2.24, 2.45) is 5.73 Å². The Balaban J connectivity index is 2.05. The Kier molecular flexibility index (Phi) is 2.72. The van der Waals surface area contributed by atoms with E-state index in [-0.39, 0.29) is 28.2 Å². The first kappa shape index (κ1) is 14.5. The van der Waals surface area contributed by atoms with Crippen LogP contribution in [0.5, 0.6) is 0 Å². The van der Waals surface area contributed by atoms with E-state index in [1.807, 2.05) is 24.3 Å². The maximum atomic E-state index is 13.2. The first-order valence-corrected chi connectivity index (χ1v) is 8.00. The van der Waals surface area contributed by atoms with Gasteiger partial charge in [0.1, 0.15) is 5.69 Å². The van der Waals surface area contributed by atoms with E-state index in [4.69, 9.17) is 5.73 Å². The molecule has 26 heavy (non-hydrogen) atoms. The highest BCUT2D eigenvalue weighted by Gasteiger charge is 2.38. The van der Waals surface area contributed by atoms with Crippen LogP contribution in [0.25, 0.3) is 16.3 Å². The van der Waals surface area contributed by atoms with Gasteiger partial charge in [0, 0.05) is 21.9 Å². The molecule has 2 aromatic heterocycles. The summed E-state index contributed by atoms with van der Waals surface area (Å²) in [5, 5.41) is 5.81. The Morgan fingerprint density at radius 2 is 1.50 bits per heavy atom. The molecule has 0 unspecified atom stereocenters. The maximum absolute atomic E-state index is 13.2. The van der Waals surface area contributed by atoms with Crippen LogP contribution in [0.15, 0.2) is 54.7 Å². The predicted molar refractivity (Wildman–Crippen MR) is 94.5 cm³/mol. The summed E-state index contributed by atoms with van der Waals surface area (Å²) in [6, 6.07) is 14.0. The van der Waals surface area contributed by atoms with Gasteiger partial charge in [-0.25, -0.2) is 4.52 Å². The molecule has 4 aromatic rings. The lowest BCUT2D eigenvalue weighted by atomic mass is 9.84. The number of rotatable bonds is 1. The summed E-state index contributed by atoms with van der Waals surface area (Å²) in [6.45, 7) is 0. The Labute approximate surface area is 146 Å². The van der Waals surface area contributed by atoms with E-state index < -0.39 is 11.7 Å². The lowest BCUT2D eigenvalue weighted by molar-refractivity contribution is 0.0963. The second-order valence-electron chi connectivity index (χ2n) is 6.16. The SMILES string of the molecule is NC(=O)c1c2c(c3c4ccccc4cnn13)C(=O)c1ccccc1C2=O.